The fourth-order valence-corrected chi connectivity index (χ4v) is 6.09. The van der Waals surface area contributed by atoms with Crippen LogP contribution in [0.1, 0.15) is 117 Å². The molecule has 5 unspecified atom stereocenters. The standard InChI is InChI=1S/C35H57N3O4/c1-6-7-8-9-10-11-12-13-14-15-16-18-21-26(2)27(3)31(37-38-36)24-39-34-29(5)28(4)33-32(41-34)25-40-35(42-33)30-22-19-17-20-23-30/h16-20,22-23,26-29,31-35H,6-15,21,24-25H2,1-5H3/t26-,27-,28?,29?,31+,32+,33?,34?,35?/m1/s1. The van der Waals surface area contributed by atoms with Gasteiger partial charge in [0.05, 0.1) is 25.4 Å². The molecule has 2 fully saturated rings. The van der Waals surface area contributed by atoms with Crippen molar-refractivity contribution in [2.45, 2.75) is 136 Å². The monoisotopic (exact) mass is 583 g/mol. The average molecular weight is 584 g/mol. The van der Waals surface area contributed by atoms with E-state index in [0.29, 0.717) is 19.1 Å². The van der Waals surface area contributed by atoms with Gasteiger partial charge in [0.25, 0.3) is 0 Å². The molecule has 0 aromatic heterocycles. The highest BCUT2D eigenvalue weighted by atomic mass is 16.7. The molecule has 2 aliphatic rings. The summed E-state index contributed by atoms with van der Waals surface area (Å²) < 4.78 is 25.0. The van der Waals surface area contributed by atoms with Crippen molar-refractivity contribution in [2.75, 3.05) is 13.2 Å². The molecule has 3 rings (SSSR count). The first kappa shape index (κ1) is 34.6. The van der Waals surface area contributed by atoms with E-state index in [9.17, 15) is 5.53 Å². The van der Waals surface area contributed by atoms with E-state index in [1.807, 2.05) is 30.3 Å². The van der Waals surface area contributed by atoms with Gasteiger partial charge in [-0.25, -0.2) is 0 Å². The molecule has 7 nitrogen and oxygen atoms in total. The molecule has 0 radical (unpaired) electrons. The smallest absolute Gasteiger partial charge is 0.184 e. The molecular formula is C35H57N3O4. The summed E-state index contributed by atoms with van der Waals surface area (Å²) in [5, 5.41) is 4.13. The molecule has 0 aliphatic carbocycles. The van der Waals surface area contributed by atoms with Gasteiger partial charge in [-0.2, -0.15) is 0 Å². The Bertz CT molecular complexity index is 935. The van der Waals surface area contributed by atoms with E-state index in [-0.39, 0.29) is 42.3 Å². The van der Waals surface area contributed by atoms with Crippen molar-refractivity contribution in [1.29, 1.82) is 0 Å². The highest BCUT2D eigenvalue weighted by Crippen LogP contribution is 2.39. The molecule has 2 heterocycles. The van der Waals surface area contributed by atoms with Crippen LogP contribution in [0.3, 0.4) is 0 Å². The topological polar surface area (TPSA) is 85.7 Å². The predicted octanol–water partition coefficient (Wildman–Crippen LogP) is 9.93. The number of hydrogen-bond acceptors (Lipinski definition) is 5. The summed E-state index contributed by atoms with van der Waals surface area (Å²) >= 11 is 0. The quantitative estimate of drug-likeness (QED) is 0.0533. The molecule has 236 valence electrons. The van der Waals surface area contributed by atoms with E-state index in [1.165, 1.54) is 57.8 Å². The van der Waals surface area contributed by atoms with Crippen LogP contribution in [0.4, 0.5) is 0 Å². The Morgan fingerprint density at radius 1 is 0.952 bits per heavy atom. The number of azide groups is 1. The van der Waals surface area contributed by atoms with E-state index in [2.05, 4.69) is 56.8 Å². The van der Waals surface area contributed by atoms with Crippen molar-refractivity contribution < 1.29 is 18.9 Å². The summed E-state index contributed by atoms with van der Waals surface area (Å²) in [6.45, 7) is 11.8. The third-order valence-corrected chi connectivity index (χ3v) is 9.50. The number of fused-ring (bicyclic) bond motifs is 1. The molecule has 0 amide bonds. The van der Waals surface area contributed by atoms with Crippen molar-refractivity contribution in [3.8, 4) is 0 Å². The Labute approximate surface area is 255 Å². The molecule has 9 atom stereocenters. The maximum absolute atomic E-state index is 9.28. The van der Waals surface area contributed by atoms with E-state index in [4.69, 9.17) is 18.9 Å². The SMILES string of the molecule is CCCCCCCCCCCC=CC[C@@H](C)[C@@H](C)[C@H](COC1O[C@H]2COC(c3ccccc3)OC2C(C)C1C)N=[N+]=[N-]. The fraction of sp³-hybridized carbons (Fsp3) is 0.771. The van der Waals surface area contributed by atoms with Gasteiger partial charge in [-0.15, -0.1) is 0 Å². The van der Waals surface area contributed by atoms with Crippen LogP contribution in [-0.2, 0) is 18.9 Å². The van der Waals surface area contributed by atoms with E-state index < -0.39 is 6.29 Å². The van der Waals surface area contributed by atoms with Crippen molar-refractivity contribution in [2.24, 2.45) is 28.8 Å². The summed E-state index contributed by atoms with van der Waals surface area (Å²) in [6.07, 6.45) is 18.0. The van der Waals surface area contributed by atoms with Crippen LogP contribution >= 0.6 is 0 Å². The summed E-state index contributed by atoms with van der Waals surface area (Å²) in [7, 11) is 0. The van der Waals surface area contributed by atoms with E-state index in [0.717, 1.165) is 18.4 Å². The van der Waals surface area contributed by atoms with Gasteiger partial charge in [-0.3, -0.25) is 0 Å². The van der Waals surface area contributed by atoms with Crippen LogP contribution < -0.4 is 0 Å². The minimum atomic E-state index is -0.392. The van der Waals surface area contributed by atoms with Crippen LogP contribution in [-0.4, -0.2) is 37.8 Å². The summed E-state index contributed by atoms with van der Waals surface area (Å²) in [4.78, 5) is 3.15. The summed E-state index contributed by atoms with van der Waals surface area (Å²) in [5.74, 6) is 0.931. The lowest BCUT2D eigenvalue weighted by molar-refractivity contribution is -0.343. The van der Waals surface area contributed by atoms with E-state index >= 15 is 0 Å². The summed E-state index contributed by atoms with van der Waals surface area (Å²) in [6, 6.07) is 9.80. The Balaban J connectivity index is 1.38. The van der Waals surface area contributed by atoms with E-state index in [1.54, 1.807) is 0 Å². The minimum absolute atomic E-state index is 0.0620. The zero-order chi connectivity index (χ0) is 30.2. The Morgan fingerprint density at radius 3 is 2.33 bits per heavy atom. The highest BCUT2D eigenvalue weighted by Gasteiger charge is 2.46. The number of nitrogens with zero attached hydrogens (tertiary/aromatic N) is 3. The maximum atomic E-state index is 9.28. The fourth-order valence-electron chi connectivity index (χ4n) is 6.09. The van der Waals surface area contributed by atoms with Gasteiger partial charge in [0.2, 0.25) is 0 Å². The molecule has 0 spiro atoms. The maximum Gasteiger partial charge on any atom is 0.184 e. The van der Waals surface area contributed by atoms with Gasteiger partial charge >= 0.3 is 0 Å². The first-order valence-corrected chi connectivity index (χ1v) is 16.7. The summed E-state index contributed by atoms with van der Waals surface area (Å²) in [5.41, 5.74) is 10.3. The molecule has 2 aliphatic heterocycles. The third-order valence-electron chi connectivity index (χ3n) is 9.50. The number of hydrogen-bond donors (Lipinski definition) is 0. The van der Waals surface area contributed by atoms with Crippen LogP contribution in [0.25, 0.3) is 10.4 Å². The Hall–Kier alpha value is -1.89. The van der Waals surface area contributed by atoms with Gasteiger partial charge in [-0.05, 0) is 42.5 Å². The molecule has 42 heavy (non-hydrogen) atoms. The van der Waals surface area contributed by atoms with Crippen LogP contribution in [0.5, 0.6) is 0 Å². The highest BCUT2D eigenvalue weighted by molar-refractivity contribution is 5.16. The first-order valence-electron chi connectivity index (χ1n) is 16.7. The Kier molecular flexibility index (Phi) is 16.0. The Morgan fingerprint density at radius 2 is 1.64 bits per heavy atom. The van der Waals surface area contributed by atoms with Crippen LogP contribution in [0.2, 0.25) is 0 Å². The van der Waals surface area contributed by atoms with Crippen molar-refractivity contribution in [3.63, 3.8) is 0 Å². The van der Waals surface area contributed by atoms with Crippen molar-refractivity contribution in [3.05, 3.63) is 58.5 Å². The third kappa shape index (κ3) is 11.0. The molecular weight excluding hydrogens is 526 g/mol. The van der Waals surface area contributed by atoms with Crippen LogP contribution in [0.15, 0.2) is 47.6 Å². The largest absolute Gasteiger partial charge is 0.352 e. The van der Waals surface area contributed by atoms with Crippen LogP contribution in [0, 0.1) is 23.7 Å². The lowest BCUT2D eigenvalue weighted by Gasteiger charge is -2.48. The van der Waals surface area contributed by atoms with Crippen molar-refractivity contribution in [1.82, 2.24) is 0 Å². The van der Waals surface area contributed by atoms with Gasteiger partial charge in [0.15, 0.2) is 12.6 Å². The molecule has 0 saturated carbocycles. The lowest BCUT2D eigenvalue weighted by Crippen LogP contribution is -2.56. The molecule has 1 aromatic rings. The number of benzene rings is 1. The number of unbranched alkanes of at least 4 members (excludes halogenated alkanes) is 9. The van der Waals surface area contributed by atoms with Gasteiger partial charge < -0.3 is 18.9 Å². The second-order valence-electron chi connectivity index (χ2n) is 12.7. The zero-order valence-corrected chi connectivity index (χ0v) is 26.9. The normalized spacial score (nSPS) is 28.1. The van der Waals surface area contributed by atoms with Gasteiger partial charge in [0, 0.05) is 16.4 Å². The van der Waals surface area contributed by atoms with Gasteiger partial charge in [0.1, 0.15) is 6.10 Å². The number of allylic oxidation sites excluding steroid dienone is 2. The first-order chi connectivity index (χ1) is 20.5. The molecule has 0 N–H and O–H groups in total. The van der Waals surface area contributed by atoms with Crippen molar-refractivity contribution >= 4 is 0 Å². The zero-order valence-electron chi connectivity index (χ0n) is 26.9. The molecule has 2 saturated heterocycles. The molecule has 7 heteroatoms. The second kappa shape index (κ2) is 19.4. The molecule has 0 bridgehead atoms. The lowest BCUT2D eigenvalue weighted by atomic mass is 9.84. The minimum Gasteiger partial charge on any atom is -0.352 e. The second-order valence-corrected chi connectivity index (χ2v) is 12.7. The molecule has 1 aromatic carbocycles. The number of rotatable bonds is 19. The number of ether oxygens (including phenoxy) is 4. The average Bonchev–Trinajstić information content (AvgIpc) is 3.01. The predicted molar refractivity (Wildman–Crippen MR) is 170 cm³/mol. The van der Waals surface area contributed by atoms with Gasteiger partial charge in [-0.1, -0.05) is 134 Å².